The number of rotatable bonds is 5. The molecule has 156 valence electrons. The standard InChI is InChI=1S/C20H28O4S4/c1-10(21)14(26)6-4-5-11-12-7-16(23-3)20(22,28)8-13(12)18-19(2,24-18)17(11)15(27)9-25/h4-6,9,11-13,16-18,22,25-28H,7-8H2,1-3H3/b5-4+,14-6-,15-9-. The topological polar surface area (TPSA) is 59.1 Å². The molecule has 2 saturated carbocycles. The molecule has 3 fully saturated rings. The number of allylic oxidation sites excluding steroid dienone is 4. The Bertz CT molecular complexity index is 732. The van der Waals surface area contributed by atoms with Crippen molar-refractivity contribution in [1.29, 1.82) is 0 Å². The van der Waals surface area contributed by atoms with Crippen LogP contribution in [0.5, 0.6) is 0 Å². The maximum atomic E-state index is 11.5. The highest BCUT2D eigenvalue weighted by Gasteiger charge is 2.70. The molecule has 0 aromatic carbocycles. The van der Waals surface area contributed by atoms with E-state index in [9.17, 15) is 9.90 Å². The van der Waals surface area contributed by atoms with Crippen molar-refractivity contribution < 1.29 is 19.4 Å². The molecule has 1 N–H and O–H groups in total. The number of carbonyl (C=O) groups excluding carboxylic acids is 1. The van der Waals surface area contributed by atoms with Gasteiger partial charge in [0.2, 0.25) is 0 Å². The van der Waals surface area contributed by atoms with Gasteiger partial charge in [0.15, 0.2) is 5.78 Å². The Hall–Kier alpha value is 0.170. The number of Topliss-reactive ketones (excluding diaryl/α,β-unsaturated/α-hetero) is 1. The normalized spacial score (nSPS) is 46.3. The van der Waals surface area contributed by atoms with Crippen LogP contribution in [0.25, 0.3) is 0 Å². The number of ether oxygens (including phenoxy) is 2. The average molecular weight is 461 g/mol. The summed E-state index contributed by atoms with van der Waals surface area (Å²) in [6.07, 6.45) is 6.56. The molecule has 0 radical (unpaired) electrons. The zero-order chi connectivity index (χ0) is 20.9. The van der Waals surface area contributed by atoms with Crippen LogP contribution in [0.15, 0.2) is 33.4 Å². The molecule has 2 aliphatic carbocycles. The molecule has 28 heavy (non-hydrogen) atoms. The fraction of sp³-hybridized carbons (Fsp3) is 0.650. The van der Waals surface area contributed by atoms with Gasteiger partial charge in [-0.3, -0.25) is 4.79 Å². The first-order chi connectivity index (χ1) is 13.1. The molecule has 0 amide bonds. The minimum atomic E-state index is -1.18. The fourth-order valence-corrected chi connectivity index (χ4v) is 6.25. The average Bonchev–Trinajstić information content (AvgIpc) is 3.32. The number of thiol groups is 4. The maximum absolute atomic E-state index is 11.5. The van der Waals surface area contributed by atoms with Gasteiger partial charge in [0, 0.05) is 17.9 Å². The molecule has 8 unspecified atom stereocenters. The molecule has 0 bridgehead atoms. The van der Waals surface area contributed by atoms with E-state index in [1.807, 2.05) is 6.08 Å². The lowest BCUT2D eigenvalue weighted by atomic mass is 9.57. The van der Waals surface area contributed by atoms with E-state index < -0.39 is 4.93 Å². The van der Waals surface area contributed by atoms with E-state index in [1.165, 1.54) is 6.92 Å². The third-order valence-electron chi connectivity index (χ3n) is 6.55. The third kappa shape index (κ3) is 4.03. The Morgan fingerprint density at radius 2 is 2.00 bits per heavy atom. The second kappa shape index (κ2) is 8.36. The second-order valence-electron chi connectivity index (χ2n) is 8.19. The second-order valence-corrected chi connectivity index (χ2v) is 10.2. The van der Waals surface area contributed by atoms with Crippen molar-refractivity contribution in [2.75, 3.05) is 7.11 Å². The lowest BCUT2D eigenvalue weighted by Crippen LogP contribution is -2.55. The Kier molecular flexibility index (Phi) is 6.82. The molecule has 8 heteroatoms. The van der Waals surface area contributed by atoms with Gasteiger partial charge in [0.1, 0.15) is 10.5 Å². The van der Waals surface area contributed by atoms with Gasteiger partial charge in [-0.25, -0.2) is 0 Å². The van der Waals surface area contributed by atoms with E-state index in [0.29, 0.717) is 17.7 Å². The highest BCUT2D eigenvalue weighted by molar-refractivity contribution is 7.88. The number of ketones is 1. The van der Waals surface area contributed by atoms with E-state index >= 15 is 0 Å². The van der Waals surface area contributed by atoms with Gasteiger partial charge in [0.25, 0.3) is 0 Å². The minimum Gasteiger partial charge on any atom is -0.378 e. The molecule has 4 nitrogen and oxygen atoms in total. The number of hydrogen-bond donors (Lipinski definition) is 5. The van der Waals surface area contributed by atoms with Gasteiger partial charge < -0.3 is 14.6 Å². The maximum Gasteiger partial charge on any atom is 0.165 e. The summed E-state index contributed by atoms with van der Waals surface area (Å²) in [5.74, 6) is 0.442. The van der Waals surface area contributed by atoms with Crippen molar-refractivity contribution in [1.82, 2.24) is 0 Å². The van der Waals surface area contributed by atoms with Crippen LogP contribution in [0.4, 0.5) is 0 Å². The summed E-state index contributed by atoms with van der Waals surface area (Å²) in [5.41, 5.74) is -0.357. The van der Waals surface area contributed by atoms with Crippen LogP contribution in [0.1, 0.15) is 26.7 Å². The number of epoxide rings is 1. The molecular weight excluding hydrogens is 432 g/mol. The van der Waals surface area contributed by atoms with Crippen LogP contribution in [0, 0.1) is 23.7 Å². The quantitative estimate of drug-likeness (QED) is 0.143. The summed E-state index contributed by atoms with van der Waals surface area (Å²) in [7, 11) is 1.61. The van der Waals surface area contributed by atoms with Crippen molar-refractivity contribution in [3.05, 3.63) is 33.4 Å². The summed E-state index contributed by atoms with van der Waals surface area (Å²) in [6, 6.07) is 0. The van der Waals surface area contributed by atoms with Gasteiger partial charge >= 0.3 is 0 Å². The summed E-state index contributed by atoms with van der Waals surface area (Å²) >= 11 is 17.7. The fourth-order valence-electron chi connectivity index (χ4n) is 5.15. The van der Waals surface area contributed by atoms with Crippen LogP contribution in [0.2, 0.25) is 0 Å². The van der Waals surface area contributed by atoms with E-state index in [1.54, 1.807) is 18.6 Å². The number of hydrogen-bond acceptors (Lipinski definition) is 8. The number of methoxy groups -OCH3 is 1. The molecule has 3 aliphatic rings. The molecule has 0 spiro atoms. The van der Waals surface area contributed by atoms with E-state index in [-0.39, 0.29) is 47.3 Å². The molecule has 0 aromatic rings. The molecule has 8 atom stereocenters. The molecule has 1 saturated heterocycles. The SMILES string of the molecule is COC1CC2C(/C=C/C=C(\S)C(C)=O)C(/C(S)=C/S)C3(C)OC3C2CC1(O)S. The van der Waals surface area contributed by atoms with Crippen molar-refractivity contribution >= 4 is 56.3 Å². The zero-order valence-corrected chi connectivity index (χ0v) is 19.7. The predicted molar refractivity (Wildman–Crippen MR) is 124 cm³/mol. The third-order valence-corrected chi connectivity index (χ3v) is 8.37. The van der Waals surface area contributed by atoms with Gasteiger partial charge in [-0.1, -0.05) is 12.2 Å². The molecule has 1 aliphatic heterocycles. The number of carbonyl (C=O) groups is 1. The monoisotopic (exact) mass is 460 g/mol. The highest BCUT2D eigenvalue weighted by atomic mass is 32.1. The minimum absolute atomic E-state index is 0.0357. The van der Waals surface area contributed by atoms with Crippen LogP contribution >= 0.6 is 50.5 Å². The van der Waals surface area contributed by atoms with Crippen LogP contribution < -0.4 is 0 Å². The van der Waals surface area contributed by atoms with Crippen LogP contribution in [-0.4, -0.2) is 40.7 Å². The van der Waals surface area contributed by atoms with E-state index in [4.69, 9.17) is 22.1 Å². The van der Waals surface area contributed by atoms with E-state index in [0.717, 1.165) is 4.91 Å². The highest BCUT2D eigenvalue weighted by Crippen LogP contribution is 2.65. The van der Waals surface area contributed by atoms with Crippen molar-refractivity contribution in [2.24, 2.45) is 23.7 Å². The van der Waals surface area contributed by atoms with Gasteiger partial charge in [-0.2, -0.15) is 12.6 Å². The lowest BCUT2D eigenvalue weighted by Gasteiger charge is -2.50. The first-order valence-electron chi connectivity index (χ1n) is 9.33. The van der Waals surface area contributed by atoms with Crippen molar-refractivity contribution in [2.45, 2.75) is 49.4 Å². The van der Waals surface area contributed by atoms with Gasteiger partial charge in [0.05, 0.1) is 12.2 Å². The van der Waals surface area contributed by atoms with Gasteiger partial charge in [-0.05, 0) is 60.8 Å². The Morgan fingerprint density at radius 1 is 1.32 bits per heavy atom. The molecule has 1 heterocycles. The Balaban J connectivity index is 1.99. The molecule has 3 rings (SSSR count). The predicted octanol–water partition coefficient (Wildman–Crippen LogP) is 3.71. The molecule has 0 aromatic heterocycles. The largest absolute Gasteiger partial charge is 0.378 e. The van der Waals surface area contributed by atoms with Crippen molar-refractivity contribution in [3.8, 4) is 0 Å². The van der Waals surface area contributed by atoms with E-state index in [2.05, 4.69) is 50.9 Å². The van der Waals surface area contributed by atoms with Crippen LogP contribution in [-0.2, 0) is 14.3 Å². The summed E-state index contributed by atoms with van der Waals surface area (Å²) in [4.78, 5) is 11.5. The number of aliphatic hydroxyl groups is 1. The lowest BCUT2D eigenvalue weighted by molar-refractivity contribution is -0.112. The molecular formula is C20H28O4S4. The Morgan fingerprint density at radius 3 is 2.57 bits per heavy atom. The van der Waals surface area contributed by atoms with Crippen molar-refractivity contribution in [3.63, 3.8) is 0 Å². The number of fused-ring (bicyclic) bond motifs is 3. The summed E-state index contributed by atoms with van der Waals surface area (Å²) in [6.45, 7) is 3.59. The summed E-state index contributed by atoms with van der Waals surface area (Å²) < 4.78 is 11.8. The summed E-state index contributed by atoms with van der Waals surface area (Å²) in [5, 5.41) is 12.5. The Labute approximate surface area is 188 Å². The first-order valence-corrected chi connectivity index (χ1v) is 11.2. The van der Waals surface area contributed by atoms with Crippen LogP contribution in [0.3, 0.4) is 0 Å². The smallest absolute Gasteiger partial charge is 0.165 e. The first kappa shape index (κ1) is 22.8. The zero-order valence-electron chi connectivity index (χ0n) is 16.1. The van der Waals surface area contributed by atoms with Gasteiger partial charge in [-0.15, -0.1) is 37.9 Å².